The molecule has 84 valence electrons. The van der Waals surface area contributed by atoms with E-state index in [2.05, 4.69) is 17.6 Å². The van der Waals surface area contributed by atoms with E-state index in [1.807, 2.05) is 12.1 Å². The molecule has 5 nitrogen and oxygen atoms in total. The Hall–Kier alpha value is -1.49. The van der Waals surface area contributed by atoms with Gasteiger partial charge in [-0.3, -0.25) is 0 Å². The molecule has 0 aliphatic heterocycles. The second-order valence-corrected chi connectivity index (χ2v) is 3.43. The number of carbonyl (C=O) groups excluding carboxylic acids is 1. The van der Waals surface area contributed by atoms with Crippen LogP contribution in [0.3, 0.4) is 0 Å². The van der Waals surface area contributed by atoms with Crippen LogP contribution in [0.2, 0.25) is 0 Å². The summed E-state index contributed by atoms with van der Waals surface area (Å²) in [5.41, 5.74) is 4.93. The summed E-state index contributed by atoms with van der Waals surface area (Å²) in [5.74, 6) is 0.956. The Bertz CT molecular complexity index is 285. The molecule has 1 heterocycles. The second kappa shape index (κ2) is 6.08. The summed E-state index contributed by atoms with van der Waals surface area (Å²) in [6.45, 7) is 3.30. The highest BCUT2D eigenvalue weighted by Crippen LogP contribution is 2.03. The van der Waals surface area contributed by atoms with Crippen LogP contribution in [0.5, 0.6) is 0 Å². The van der Waals surface area contributed by atoms with E-state index in [0.717, 1.165) is 12.2 Å². The number of hydrogen-bond acceptors (Lipinski definition) is 3. The lowest BCUT2D eigenvalue weighted by atomic mass is 10.2. The summed E-state index contributed by atoms with van der Waals surface area (Å²) in [4.78, 5) is 10.4. The van der Waals surface area contributed by atoms with Gasteiger partial charge in [-0.25, -0.2) is 4.79 Å². The molecule has 4 N–H and O–H groups in total. The molecule has 1 aromatic heterocycles. The minimum atomic E-state index is -0.490. The minimum absolute atomic E-state index is 0.311. The predicted octanol–water partition coefficient (Wildman–Crippen LogP) is 0.468. The Balaban J connectivity index is 2.08. The summed E-state index contributed by atoms with van der Waals surface area (Å²) in [7, 11) is 0. The SMILES string of the molecule is CC(Cc1ccco1)NCCNC(N)=O. The third kappa shape index (κ3) is 5.07. The fraction of sp³-hybridized carbons (Fsp3) is 0.500. The average molecular weight is 211 g/mol. The summed E-state index contributed by atoms with van der Waals surface area (Å²) in [6.07, 6.45) is 2.50. The highest BCUT2D eigenvalue weighted by atomic mass is 16.3. The fourth-order valence-corrected chi connectivity index (χ4v) is 1.31. The van der Waals surface area contributed by atoms with Gasteiger partial charge in [-0.2, -0.15) is 0 Å². The molecule has 15 heavy (non-hydrogen) atoms. The van der Waals surface area contributed by atoms with E-state index in [4.69, 9.17) is 10.2 Å². The quantitative estimate of drug-likeness (QED) is 0.598. The normalized spacial score (nSPS) is 12.3. The van der Waals surface area contributed by atoms with Crippen LogP contribution < -0.4 is 16.4 Å². The number of hydrogen-bond donors (Lipinski definition) is 3. The van der Waals surface area contributed by atoms with Gasteiger partial charge in [0.15, 0.2) is 0 Å². The van der Waals surface area contributed by atoms with Crippen molar-refractivity contribution in [3.05, 3.63) is 24.2 Å². The maximum Gasteiger partial charge on any atom is 0.312 e. The summed E-state index contributed by atoms with van der Waals surface area (Å²) in [6, 6.07) is 3.64. The first-order chi connectivity index (χ1) is 7.18. The van der Waals surface area contributed by atoms with Crippen molar-refractivity contribution < 1.29 is 9.21 Å². The first-order valence-corrected chi connectivity index (χ1v) is 4.97. The number of carbonyl (C=O) groups is 1. The average Bonchev–Trinajstić information content (AvgIpc) is 2.64. The lowest BCUT2D eigenvalue weighted by molar-refractivity contribution is 0.249. The second-order valence-electron chi connectivity index (χ2n) is 3.43. The molecule has 0 spiro atoms. The van der Waals surface area contributed by atoms with Gasteiger partial charge in [-0.1, -0.05) is 0 Å². The fourth-order valence-electron chi connectivity index (χ4n) is 1.31. The molecule has 1 unspecified atom stereocenters. The van der Waals surface area contributed by atoms with Crippen molar-refractivity contribution in [2.45, 2.75) is 19.4 Å². The molecule has 0 saturated carbocycles. The van der Waals surface area contributed by atoms with Crippen LogP contribution in [0.15, 0.2) is 22.8 Å². The summed E-state index contributed by atoms with van der Waals surface area (Å²) < 4.78 is 5.22. The number of nitrogens with two attached hydrogens (primary N) is 1. The van der Waals surface area contributed by atoms with Crippen molar-refractivity contribution in [2.75, 3.05) is 13.1 Å². The van der Waals surface area contributed by atoms with Crippen molar-refractivity contribution in [3.63, 3.8) is 0 Å². The Morgan fingerprint density at radius 1 is 1.60 bits per heavy atom. The molecule has 0 bridgehead atoms. The van der Waals surface area contributed by atoms with Crippen LogP contribution in [-0.2, 0) is 6.42 Å². The van der Waals surface area contributed by atoms with Crippen molar-refractivity contribution in [1.82, 2.24) is 10.6 Å². The van der Waals surface area contributed by atoms with Crippen molar-refractivity contribution in [3.8, 4) is 0 Å². The van der Waals surface area contributed by atoms with Crippen LogP contribution in [-0.4, -0.2) is 25.2 Å². The number of nitrogens with one attached hydrogen (secondary N) is 2. The molecule has 0 aliphatic rings. The standard InChI is InChI=1S/C10H17N3O2/c1-8(7-9-3-2-6-15-9)12-4-5-13-10(11)14/h2-3,6,8,12H,4-5,7H2,1H3,(H3,11,13,14). The first-order valence-electron chi connectivity index (χ1n) is 4.97. The van der Waals surface area contributed by atoms with Gasteiger partial charge in [0.2, 0.25) is 0 Å². The number of furan rings is 1. The van der Waals surface area contributed by atoms with Crippen LogP contribution in [0.4, 0.5) is 4.79 Å². The molecule has 1 aromatic rings. The van der Waals surface area contributed by atoms with E-state index in [0.29, 0.717) is 19.1 Å². The van der Waals surface area contributed by atoms with E-state index in [9.17, 15) is 4.79 Å². The van der Waals surface area contributed by atoms with Gasteiger partial charge in [0.05, 0.1) is 6.26 Å². The predicted molar refractivity (Wildman–Crippen MR) is 57.5 cm³/mol. The van der Waals surface area contributed by atoms with Crippen LogP contribution in [0.25, 0.3) is 0 Å². The third-order valence-corrected chi connectivity index (χ3v) is 2.00. The van der Waals surface area contributed by atoms with Gasteiger partial charge in [-0.15, -0.1) is 0 Å². The van der Waals surface area contributed by atoms with Crippen LogP contribution >= 0.6 is 0 Å². The first kappa shape index (κ1) is 11.6. The number of urea groups is 1. The van der Waals surface area contributed by atoms with Crippen molar-refractivity contribution >= 4 is 6.03 Å². The van der Waals surface area contributed by atoms with Crippen molar-refractivity contribution in [2.24, 2.45) is 5.73 Å². The molecule has 2 amide bonds. The molecule has 0 aromatic carbocycles. The lowest BCUT2D eigenvalue weighted by Crippen LogP contribution is -2.38. The van der Waals surface area contributed by atoms with Crippen molar-refractivity contribution in [1.29, 1.82) is 0 Å². The Morgan fingerprint density at radius 2 is 2.40 bits per heavy atom. The molecular weight excluding hydrogens is 194 g/mol. The highest BCUT2D eigenvalue weighted by molar-refractivity contribution is 5.71. The number of rotatable bonds is 6. The molecular formula is C10H17N3O2. The zero-order valence-corrected chi connectivity index (χ0v) is 8.82. The van der Waals surface area contributed by atoms with Gasteiger partial charge >= 0.3 is 6.03 Å². The number of amides is 2. The molecule has 0 fully saturated rings. The van der Waals surface area contributed by atoms with Gasteiger partial charge in [0, 0.05) is 25.6 Å². The molecule has 1 atom stereocenters. The number of primary amides is 1. The van der Waals surface area contributed by atoms with Gasteiger partial charge in [-0.05, 0) is 19.1 Å². The van der Waals surface area contributed by atoms with Crippen LogP contribution in [0.1, 0.15) is 12.7 Å². The zero-order chi connectivity index (χ0) is 11.1. The Kier molecular flexibility index (Phi) is 4.70. The van der Waals surface area contributed by atoms with E-state index in [1.54, 1.807) is 6.26 Å². The third-order valence-electron chi connectivity index (χ3n) is 2.00. The molecule has 0 radical (unpaired) electrons. The smallest absolute Gasteiger partial charge is 0.312 e. The Labute approximate surface area is 89.0 Å². The maximum absolute atomic E-state index is 10.4. The van der Waals surface area contributed by atoms with E-state index in [-0.39, 0.29) is 0 Å². The van der Waals surface area contributed by atoms with E-state index < -0.39 is 6.03 Å². The van der Waals surface area contributed by atoms with E-state index in [1.165, 1.54) is 0 Å². The molecule has 0 saturated heterocycles. The van der Waals surface area contributed by atoms with E-state index >= 15 is 0 Å². The zero-order valence-electron chi connectivity index (χ0n) is 8.82. The van der Waals surface area contributed by atoms with Gasteiger partial charge in [0.25, 0.3) is 0 Å². The Morgan fingerprint density at radius 3 is 3.00 bits per heavy atom. The topological polar surface area (TPSA) is 80.3 Å². The van der Waals surface area contributed by atoms with Gasteiger partial charge in [0.1, 0.15) is 5.76 Å². The summed E-state index contributed by atoms with van der Waals surface area (Å²) in [5, 5.41) is 5.76. The molecule has 0 aliphatic carbocycles. The van der Waals surface area contributed by atoms with Gasteiger partial charge < -0.3 is 20.8 Å². The monoisotopic (exact) mass is 211 g/mol. The summed E-state index contributed by atoms with van der Waals surface area (Å²) >= 11 is 0. The lowest BCUT2D eigenvalue weighted by Gasteiger charge is -2.12. The maximum atomic E-state index is 10.4. The molecule has 1 rings (SSSR count). The largest absolute Gasteiger partial charge is 0.469 e. The van der Waals surface area contributed by atoms with Crippen LogP contribution in [0, 0.1) is 0 Å². The minimum Gasteiger partial charge on any atom is -0.469 e. The highest BCUT2D eigenvalue weighted by Gasteiger charge is 2.04. The molecule has 5 heteroatoms.